The predicted molar refractivity (Wildman–Crippen MR) is 302 cm³/mol. The Hall–Kier alpha value is -6.72. The van der Waals surface area contributed by atoms with Gasteiger partial charge >= 0.3 is 23.6 Å². The molecule has 2 saturated heterocycles. The van der Waals surface area contributed by atoms with Gasteiger partial charge in [0.1, 0.15) is 0 Å². The summed E-state index contributed by atoms with van der Waals surface area (Å²) in [6.07, 6.45) is 3.06. The van der Waals surface area contributed by atoms with Crippen molar-refractivity contribution in [3.8, 4) is 0 Å². The van der Waals surface area contributed by atoms with Crippen LogP contribution in [0.5, 0.6) is 0 Å². The van der Waals surface area contributed by atoms with Gasteiger partial charge in [-0.15, -0.1) is 0 Å². The first-order chi connectivity index (χ1) is 36.4. The number of carbonyl (C=O) groups is 2. The van der Waals surface area contributed by atoms with Gasteiger partial charge in [-0.05, 0) is 122 Å². The van der Waals surface area contributed by atoms with Crippen LogP contribution in [0.1, 0.15) is 79.3 Å². The van der Waals surface area contributed by atoms with Gasteiger partial charge in [0.2, 0.25) is 0 Å². The smallest absolute Gasteiger partial charge is 0.407 e. The quantitative estimate of drug-likeness (QED) is 0.0700. The van der Waals surface area contributed by atoms with Crippen LogP contribution in [0.25, 0.3) is 22.1 Å². The zero-order valence-corrected chi connectivity index (χ0v) is 45.1. The fraction of sp³-hybridized carbons (Fsp3) is 0.322. The lowest BCUT2D eigenvalue weighted by Gasteiger charge is -2.39. The summed E-state index contributed by atoms with van der Waals surface area (Å²) in [5, 5.41) is 19.9. The maximum Gasteiger partial charge on any atom is 0.407 e. The summed E-state index contributed by atoms with van der Waals surface area (Å²) in [5.41, 5.74) is 8.07. The number of aromatic nitrogens is 4. The van der Waals surface area contributed by atoms with Crippen LogP contribution in [0.4, 0.5) is 9.59 Å². The fourth-order valence-corrected chi connectivity index (χ4v) is 11.7. The van der Waals surface area contributed by atoms with Crippen molar-refractivity contribution >= 4 is 66.1 Å². The van der Waals surface area contributed by atoms with Gasteiger partial charge in [0.15, 0.2) is 0 Å². The molecule has 3 unspecified atom stereocenters. The van der Waals surface area contributed by atoms with Gasteiger partial charge in [-0.2, -0.15) is 0 Å². The highest BCUT2D eigenvalue weighted by atomic mass is 79.9. The number of fused-ring (bicyclic) bond motifs is 2. The van der Waals surface area contributed by atoms with Crippen molar-refractivity contribution in [2.75, 3.05) is 26.2 Å². The Kier molecular flexibility index (Phi) is 17.9. The molecule has 10 rings (SSSR count). The molecule has 75 heavy (non-hydrogen) atoms. The van der Waals surface area contributed by atoms with Crippen molar-refractivity contribution in [3.05, 3.63) is 210 Å². The molecule has 0 aliphatic carbocycles. The van der Waals surface area contributed by atoms with Crippen molar-refractivity contribution < 1.29 is 19.8 Å². The molecular weight excluding hydrogens is 1080 g/mol. The Morgan fingerprint density at radius 1 is 0.493 bits per heavy atom. The number of likely N-dealkylation sites (tertiary alicyclic amines) is 2. The predicted octanol–water partition coefficient (Wildman–Crippen LogP) is 12.1. The molecule has 0 bridgehead atoms. The number of piperidine rings is 2. The van der Waals surface area contributed by atoms with Gasteiger partial charge in [0.05, 0.1) is 22.1 Å². The maximum atomic E-state index is 12.8. The second-order valence-corrected chi connectivity index (χ2v) is 21.7. The monoisotopic (exact) mass is 1140 g/mol. The van der Waals surface area contributed by atoms with Crippen LogP contribution in [0.3, 0.4) is 0 Å². The van der Waals surface area contributed by atoms with Gasteiger partial charge in [-0.1, -0.05) is 141 Å². The van der Waals surface area contributed by atoms with Gasteiger partial charge in [-0.3, -0.25) is 18.9 Å². The van der Waals surface area contributed by atoms with Crippen LogP contribution in [0, 0.1) is 0 Å². The molecule has 2 amide bonds. The molecule has 0 saturated carbocycles. The standard InChI is InChI=1S/C30H33BrN4O3.C29H31BrN4O3/c31-24-14-12-23(13-15-24)21-33(20-22-7-2-1-3-8-22)17-6-9-25-19-26(16-18-34(25)30(37)38)35-28-11-5-4-10-27(28)32-29(35)36;30-23-12-10-22(11-13-23)20-32(19-21-6-2-1-3-7-21)16-14-24-18-25(15-17-33(24)29(36)37)34-27-9-5-4-8-26(27)31-28(34)35/h1-5,7-8,10-15,25-26H,6,9,16-21H2,(H,32,36)(H,37,38);1-13,24-25H,14-20H2,(H,31,35)(H,36,37)/t;24-,25?/m.0/s1. The summed E-state index contributed by atoms with van der Waals surface area (Å²) in [7, 11) is 0. The van der Waals surface area contributed by atoms with Crippen molar-refractivity contribution in [1.82, 2.24) is 38.7 Å². The lowest BCUT2D eigenvalue weighted by Crippen LogP contribution is -2.48. The molecule has 2 aliphatic rings. The minimum absolute atomic E-state index is 0.0255. The third-order valence-corrected chi connectivity index (χ3v) is 15.8. The van der Waals surface area contributed by atoms with Gasteiger partial charge < -0.3 is 30.0 Å². The van der Waals surface area contributed by atoms with Crippen molar-refractivity contribution in [3.63, 3.8) is 0 Å². The Balaban J connectivity index is 0.000000184. The number of imidazole rings is 2. The average Bonchev–Trinajstić information content (AvgIpc) is 3.94. The van der Waals surface area contributed by atoms with E-state index >= 15 is 0 Å². The molecule has 390 valence electrons. The van der Waals surface area contributed by atoms with E-state index in [0.29, 0.717) is 45.2 Å². The third-order valence-electron chi connectivity index (χ3n) is 14.8. The van der Waals surface area contributed by atoms with Gasteiger partial charge in [-0.25, -0.2) is 19.2 Å². The summed E-state index contributed by atoms with van der Waals surface area (Å²) in [4.78, 5) is 63.7. The summed E-state index contributed by atoms with van der Waals surface area (Å²) in [6.45, 7) is 5.66. The van der Waals surface area contributed by atoms with Crippen LogP contribution in [-0.2, 0) is 26.2 Å². The second kappa shape index (κ2) is 25.2. The second-order valence-electron chi connectivity index (χ2n) is 19.8. The van der Waals surface area contributed by atoms with Crippen molar-refractivity contribution in [2.45, 2.75) is 95.3 Å². The zero-order chi connectivity index (χ0) is 52.3. The molecule has 2 fully saturated rings. The highest BCUT2D eigenvalue weighted by Crippen LogP contribution is 2.33. The highest BCUT2D eigenvalue weighted by Gasteiger charge is 2.35. The number of aromatic amines is 2. The molecule has 16 heteroatoms. The lowest BCUT2D eigenvalue weighted by atomic mass is 9.93. The van der Waals surface area contributed by atoms with E-state index in [1.165, 1.54) is 22.3 Å². The lowest BCUT2D eigenvalue weighted by molar-refractivity contribution is 0.0811. The molecule has 4 heterocycles. The van der Waals surface area contributed by atoms with E-state index in [0.717, 1.165) is 83.1 Å². The Morgan fingerprint density at radius 2 is 0.867 bits per heavy atom. The molecule has 4 N–H and O–H groups in total. The molecule has 6 aromatic carbocycles. The summed E-state index contributed by atoms with van der Waals surface area (Å²) >= 11 is 7.03. The van der Waals surface area contributed by atoms with Crippen LogP contribution >= 0.6 is 31.9 Å². The molecule has 2 aliphatic heterocycles. The van der Waals surface area contributed by atoms with E-state index in [4.69, 9.17) is 0 Å². The number of hydrogen-bond donors (Lipinski definition) is 4. The average molecular weight is 1140 g/mol. The molecule has 8 aromatic rings. The number of amides is 2. The summed E-state index contributed by atoms with van der Waals surface area (Å²) < 4.78 is 5.76. The minimum atomic E-state index is -0.891. The van der Waals surface area contributed by atoms with Gasteiger partial charge in [0, 0.05) is 78.9 Å². The number of hydrogen-bond acceptors (Lipinski definition) is 6. The van der Waals surface area contributed by atoms with Crippen LogP contribution in [0.15, 0.2) is 176 Å². The first kappa shape index (κ1) is 53.1. The molecule has 4 atom stereocenters. The van der Waals surface area contributed by atoms with Crippen LogP contribution in [0.2, 0.25) is 0 Å². The maximum absolute atomic E-state index is 12.8. The van der Waals surface area contributed by atoms with E-state index in [1.54, 1.807) is 9.80 Å². The number of benzene rings is 6. The third kappa shape index (κ3) is 13.8. The number of para-hydroxylation sites is 4. The SMILES string of the molecule is O=C(O)N1CCC(n2c(=O)[nH]c3ccccc32)CC1CCCN(Cc1ccccc1)Cc1ccc(Br)cc1.O=C(O)N1CCC(n2c(=O)[nH]c3ccccc32)C[C@@H]1CCN(Cc1ccccc1)Cc1ccc(Br)cc1. The number of rotatable bonds is 17. The number of carboxylic acid groups (broad SMARTS) is 2. The van der Waals surface area contributed by atoms with Crippen molar-refractivity contribution in [1.29, 1.82) is 0 Å². The molecular formula is C59H64Br2N8O6. The van der Waals surface area contributed by atoms with Crippen LogP contribution < -0.4 is 11.4 Å². The van der Waals surface area contributed by atoms with Crippen LogP contribution in [-0.4, -0.2) is 99.4 Å². The summed E-state index contributed by atoms with van der Waals surface area (Å²) in [5.74, 6) is 0. The molecule has 14 nitrogen and oxygen atoms in total. The number of nitrogens with one attached hydrogen (secondary N) is 2. The molecule has 0 spiro atoms. The van der Waals surface area contributed by atoms with E-state index in [-0.39, 0.29) is 35.5 Å². The van der Waals surface area contributed by atoms with Gasteiger partial charge in [0.25, 0.3) is 0 Å². The zero-order valence-electron chi connectivity index (χ0n) is 41.9. The Morgan fingerprint density at radius 3 is 1.29 bits per heavy atom. The first-order valence-corrected chi connectivity index (χ1v) is 27.4. The molecule has 2 aromatic heterocycles. The van der Waals surface area contributed by atoms with E-state index in [2.05, 4.69) is 124 Å². The normalized spacial score (nSPS) is 17.9. The number of halogens is 2. The minimum Gasteiger partial charge on any atom is -0.465 e. The number of H-pyrrole nitrogens is 2. The number of nitrogens with zero attached hydrogens (tertiary/aromatic N) is 6. The summed E-state index contributed by atoms with van der Waals surface area (Å²) in [6, 6.07) is 52.6. The Bertz CT molecular complexity index is 3250. The Labute approximate surface area is 453 Å². The first-order valence-electron chi connectivity index (χ1n) is 25.8. The van der Waals surface area contributed by atoms with Crippen molar-refractivity contribution in [2.24, 2.45) is 0 Å². The van der Waals surface area contributed by atoms with E-state index < -0.39 is 12.2 Å². The fourth-order valence-electron chi connectivity index (χ4n) is 11.1. The molecule has 0 radical (unpaired) electrons. The highest BCUT2D eigenvalue weighted by molar-refractivity contribution is 9.10. The largest absolute Gasteiger partial charge is 0.465 e. The van der Waals surface area contributed by atoms with E-state index in [9.17, 15) is 29.4 Å². The topological polar surface area (TPSA) is 163 Å². The van der Waals surface area contributed by atoms with E-state index in [1.807, 2.05) is 94.1 Å².